The molecule has 0 aliphatic heterocycles. The predicted octanol–water partition coefficient (Wildman–Crippen LogP) is 5.11. The Morgan fingerprint density at radius 2 is 1.56 bits per heavy atom. The third kappa shape index (κ3) is 7.99. The molecule has 2 aromatic rings. The second kappa shape index (κ2) is 12.2. The molecule has 0 bridgehead atoms. The van der Waals surface area contributed by atoms with Crippen molar-refractivity contribution in [1.29, 1.82) is 0 Å². The normalized spacial score (nSPS) is 12.0. The van der Waals surface area contributed by atoms with Crippen molar-refractivity contribution in [1.82, 2.24) is 10.2 Å². The van der Waals surface area contributed by atoms with Gasteiger partial charge < -0.3 is 24.4 Å². The van der Waals surface area contributed by atoms with E-state index in [1.165, 1.54) is 19.1 Å². The van der Waals surface area contributed by atoms with Gasteiger partial charge in [0.05, 0.1) is 24.3 Å². The Balaban J connectivity index is 2.30. The smallest absolute Gasteiger partial charge is 0.261 e. The highest BCUT2D eigenvalue weighted by Gasteiger charge is 2.31. The average molecular weight is 511 g/mol. The number of methoxy groups -OCH3 is 2. The molecule has 0 aliphatic rings. The Bertz CT molecular complexity index is 985. The summed E-state index contributed by atoms with van der Waals surface area (Å²) in [5.41, 5.74) is 0.295. The second-order valence-corrected chi connectivity index (χ2v) is 9.58. The van der Waals surface area contributed by atoms with Crippen molar-refractivity contribution in [3.8, 4) is 17.2 Å². The minimum Gasteiger partial charge on any atom is -0.496 e. The summed E-state index contributed by atoms with van der Waals surface area (Å²) < 4.78 is 16.3. The number of ether oxygens (including phenoxy) is 3. The third-order valence-corrected chi connectivity index (χ3v) is 5.65. The number of amides is 2. The summed E-state index contributed by atoms with van der Waals surface area (Å²) in [6.07, 6.45) is 0.419. The second-order valence-electron chi connectivity index (χ2n) is 8.77. The third-order valence-electron chi connectivity index (χ3n) is 4.91. The molecule has 0 spiro atoms. The number of hydrogen-bond donors (Lipinski definition) is 1. The van der Waals surface area contributed by atoms with Crippen molar-refractivity contribution in [3.63, 3.8) is 0 Å². The summed E-state index contributed by atoms with van der Waals surface area (Å²) in [7, 11) is 3.06. The van der Waals surface area contributed by atoms with Gasteiger partial charge in [0.25, 0.3) is 5.91 Å². The SMILES string of the molecule is CC[C@H](C(=O)NC(C)(C)C)N(Cc1ccc(Cl)c(Cl)c1)C(=O)COc1cc(OC)cc(OC)c1. The Kier molecular flexibility index (Phi) is 9.89. The summed E-state index contributed by atoms with van der Waals surface area (Å²) in [4.78, 5) is 27.9. The van der Waals surface area contributed by atoms with Crippen LogP contribution in [0, 0.1) is 0 Å². The van der Waals surface area contributed by atoms with E-state index in [1.54, 1.807) is 36.4 Å². The van der Waals surface area contributed by atoms with Gasteiger partial charge >= 0.3 is 0 Å². The van der Waals surface area contributed by atoms with E-state index in [0.29, 0.717) is 33.7 Å². The molecule has 1 atom stereocenters. The van der Waals surface area contributed by atoms with E-state index in [1.807, 2.05) is 27.7 Å². The zero-order valence-electron chi connectivity index (χ0n) is 20.4. The first-order valence-electron chi connectivity index (χ1n) is 10.9. The van der Waals surface area contributed by atoms with E-state index in [4.69, 9.17) is 37.4 Å². The minimum absolute atomic E-state index is 0.163. The molecule has 2 rings (SSSR count). The molecule has 0 aromatic heterocycles. The van der Waals surface area contributed by atoms with E-state index in [2.05, 4.69) is 5.32 Å². The van der Waals surface area contributed by atoms with E-state index in [0.717, 1.165) is 5.56 Å². The molecule has 0 saturated carbocycles. The van der Waals surface area contributed by atoms with Gasteiger partial charge in [-0.15, -0.1) is 0 Å². The van der Waals surface area contributed by atoms with Crippen molar-refractivity contribution in [2.45, 2.75) is 52.2 Å². The topological polar surface area (TPSA) is 77.1 Å². The van der Waals surface area contributed by atoms with Crippen LogP contribution in [0.3, 0.4) is 0 Å². The van der Waals surface area contributed by atoms with Crippen LogP contribution in [0.2, 0.25) is 10.0 Å². The molecule has 186 valence electrons. The summed E-state index contributed by atoms with van der Waals surface area (Å²) in [6.45, 7) is 7.41. The van der Waals surface area contributed by atoms with Crippen molar-refractivity contribution in [2.75, 3.05) is 20.8 Å². The van der Waals surface area contributed by atoms with Gasteiger partial charge in [-0.3, -0.25) is 9.59 Å². The van der Waals surface area contributed by atoms with Gasteiger partial charge in [-0.1, -0.05) is 36.2 Å². The molecular formula is C25H32Cl2N2O5. The molecule has 7 nitrogen and oxygen atoms in total. The minimum atomic E-state index is -0.704. The lowest BCUT2D eigenvalue weighted by Gasteiger charge is -2.33. The average Bonchev–Trinajstić information content (AvgIpc) is 2.78. The first-order valence-corrected chi connectivity index (χ1v) is 11.6. The Morgan fingerprint density at radius 3 is 2.06 bits per heavy atom. The maximum atomic E-state index is 13.4. The van der Waals surface area contributed by atoms with Gasteiger partial charge in [0.2, 0.25) is 5.91 Å². The van der Waals surface area contributed by atoms with Crippen LogP contribution in [0.5, 0.6) is 17.2 Å². The predicted molar refractivity (Wildman–Crippen MR) is 134 cm³/mol. The lowest BCUT2D eigenvalue weighted by atomic mass is 10.1. The van der Waals surface area contributed by atoms with Gasteiger partial charge in [-0.2, -0.15) is 0 Å². The van der Waals surface area contributed by atoms with Gasteiger partial charge in [0.1, 0.15) is 23.3 Å². The standard InChI is InChI=1S/C25H32Cl2N2O5/c1-7-22(24(31)28-25(2,3)4)29(14-16-8-9-20(26)21(27)10-16)23(30)15-34-19-12-17(32-5)11-18(13-19)33-6/h8-13,22H,7,14-15H2,1-6H3,(H,28,31)/t22-/m1/s1. The van der Waals surface area contributed by atoms with E-state index in [9.17, 15) is 9.59 Å². The fourth-order valence-corrected chi connectivity index (χ4v) is 3.62. The molecule has 9 heteroatoms. The Morgan fingerprint density at radius 1 is 0.971 bits per heavy atom. The number of carbonyl (C=O) groups is 2. The molecule has 2 aromatic carbocycles. The lowest BCUT2D eigenvalue weighted by Crippen LogP contribution is -2.54. The number of carbonyl (C=O) groups excluding carboxylic acids is 2. The number of nitrogens with zero attached hydrogens (tertiary/aromatic N) is 1. The van der Waals surface area contributed by atoms with Crippen LogP contribution in [0.4, 0.5) is 0 Å². The molecule has 34 heavy (non-hydrogen) atoms. The molecule has 0 heterocycles. The van der Waals surface area contributed by atoms with E-state index < -0.39 is 11.6 Å². The van der Waals surface area contributed by atoms with Crippen molar-refractivity contribution >= 4 is 35.0 Å². The molecule has 0 fully saturated rings. The van der Waals surface area contributed by atoms with Gasteiger partial charge in [-0.05, 0) is 44.9 Å². The van der Waals surface area contributed by atoms with Crippen LogP contribution in [-0.4, -0.2) is 49.1 Å². The largest absolute Gasteiger partial charge is 0.496 e. The summed E-state index contributed by atoms with van der Waals surface area (Å²) in [6, 6.07) is 9.44. The number of nitrogens with one attached hydrogen (secondary N) is 1. The van der Waals surface area contributed by atoms with Gasteiger partial charge in [-0.25, -0.2) is 0 Å². The quantitative estimate of drug-likeness (QED) is 0.480. The number of benzene rings is 2. The van der Waals surface area contributed by atoms with Crippen LogP contribution in [0.15, 0.2) is 36.4 Å². The fraction of sp³-hybridized carbons (Fsp3) is 0.440. The summed E-state index contributed by atoms with van der Waals surface area (Å²) >= 11 is 12.2. The highest BCUT2D eigenvalue weighted by molar-refractivity contribution is 6.42. The lowest BCUT2D eigenvalue weighted by molar-refractivity contribution is -0.143. The number of halogens is 2. The first-order chi connectivity index (χ1) is 16.0. The van der Waals surface area contributed by atoms with Crippen LogP contribution in [-0.2, 0) is 16.1 Å². The first kappa shape index (κ1) is 27.6. The molecule has 1 N–H and O–H groups in total. The molecule has 0 saturated heterocycles. The van der Waals surface area contributed by atoms with Gasteiger partial charge in [0.15, 0.2) is 6.61 Å². The van der Waals surface area contributed by atoms with E-state index >= 15 is 0 Å². The summed E-state index contributed by atoms with van der Waals surface area (Å²) in [5.74, 6) is 0.873. The van der Waals surface area contributed by atoms with Crippen LogP contribution >= 0.6 is 23.2 Å². The highest BCUT2D eigenvalue weighted by Crippen LogP contribution is 2.28. The van der Waals surface area contributed by atoms with Crippen LogP contribution in [0.25, 0.3) is 0 Å². The molecule has 0 radical (unpaired) electrons. The molecular weight excluding hydrogens is 479 g/mol. The maximum Gasteiger partial charge on any atom is 0.261 e. The number of hydrogen-bond acceptors (Lipinski definition) is 5. The number of rotatable bonds is 10. The van der Waals surface area contributed by atoms with Crippen molar-refractivity contribution in [2.24, 2.45) is 0 Å². The highest BCUT2D eigenvalue weighted by atomic mass is 35.5. The Hall–Kier alpha value is -2.64. The molecule has 2 amide bonds. The van der Waals surface area contributed by atoms with E-state index in [-0.39, 0.29) is 25.0 Å². The van der Waals surface area contributed by atoms with Crippen molar-refractivity contribution < 1.29 is 23.8 Å². The van der Waals surface area contributed by atoms with Crippen LogP contribution < -0.4 is 19.5 Å². The molecule has 0 aliphatic carbocycles. The summed E-state index contributed by atoms with van der Waals surface area (Å²) in [5, 5.41) is 3.75. The van der Waals surface area contributed by atoms with Crippen LogP contribution in [0.1, 0.15) is 39.7 Å². The monoisotopic (exact) mass is 510 g/mol. The Labute approximate surface area is 211 Å². The van der Waals surface area contributed by atoms with Crippen molar-refractivity contribution in [3.05, 3.63) is 52.0 Å². The zero-order valence-corrected chi connectivity index (χ0v) is 21.9. The maximum absolute atomic E-state index is 13.4. The van der Waals surface area contributed by atoms with Gasteiger partial charge in [0, 0.05) is 30.3 Å². The fourth-order valence-electron chi connectivity index (χ4n) is 3.30. The molecule has 0 unspecified atom stereocenters. The zero-order chi connectivity index (χ0) is 25.5.